The first kappa shape index (κ1) is 24.6. The topological polar surface area (TPSA) is 84.5 Å². The van der Waals surface area contributed by atoms with E-state index in [9.17, 15) is 14.4 Å². The maximum absolute atomic E-state index is 12.0. The molecule has 0 aromatic rings. The Kier molecular flexibility index (Phi) is 11.4. The van der Waals surface area contributed by atoms with E-state index in [2.05, 4.69) is 31.4 Å². The molecule has 0 rings (SSSR count). The van der Waals surface area contributed by atoms with Crippen LogP contribution in [0.1, 0.15) is 73.6 Å². The molecule has 0 aromatic carbocycles. The predicted molar refractivity (Wildman–Crippen MR) is 104 cm³/mol. The molecular formula is C20H38N2O4. The fraction of sp³-hybridized carbons (Fsp3) is 0.850. The molecule has 6 heteroatoms. The van der Waals surface area contributed by atoms with Crippen LogP contribution >= 0.6 is 0 Å². The smallest absolute Gasteiger partial charge is 0.306 e. The molecule has 0 bridgehead atoms. The van der Waals surface area contributed by atoms with Crippen LogP contribution in [0.3, 0.4) is 0 Å². The Labute approximate surface area is 158 Å². The Hall–Kier alpha value is -1.43. The van der Waals surface area contributed by atoms with Crippen molar-refractivity contribution in [1.29, 1.82) is 0 Å². The molecule has 1 atom stereocenters. The fourth-order valence-corrected chi connectivity index (χ4v) is 2.31. The Morgan fingerprint density at radius 1 is 1.00 bits per heavy atom. The zero-order valence-electron chi connectivity index (χ0n) is 17.4. The molecule has 152 valence electrons. The number of carbonyl (C=O) groups is 3. The molecule has 26 heavy (non-hydrogen) atoms. The van der Waals surface area contributed by atoms with Gasteiger partial charge in [0.2, 0.25) is 5.91 Å². The number of aldehydes is 1. The van der Waals surface area contributed by atoms with Crippen molar-refractivity contribution in [3.63, 3.8) is 0 Å². The number of amides is 1. The highest BCUT2D eigenvalue weighted by atomic mass is 16.6. The first-order valence-electron chi connectivity index (χ1n) is 9.60. The van der Waals surface area contributed by atoms with Gasteiger partial charge < -0.3 is 20.2 Å². The lowest BCUT2D eigenvalue weighted by atomic mass is 9.97. The van der Waals surface area contributed by atoms with E-state index in [0.29, 0.717) is 25.7 Å². The van der Waals surface area contributed by atoms with Crippen molar-refractivity contribution in [3.8, 4) is 0 Å². The summed E-state index contributed by atoms with van der Waals surface area (Å²) in [6, 6.07) is 0. The van der Waals surface area contributed by atoms with Gasteiger partial charge in [0.05, 0.1) is 5.92 Å². The fourth-order valence-electron chi connectivity index (χ4n) is 2.31. The van der Waals surface area contributed by atoms with E-state index in [4.69, 9.17) is 4.74 Å². The van der Waals surface area contributed by atoms with E-state index in [1.54, 1.807) is 0 Å². The van der Waals surface area contributed by atoms with Crippen molar-refractivity contribution in [2.24, 2.45) is 11.3 Å². The molecule has 0 radical (unpaired) electrons. The van der Waals surface area contributed by atoms with Gasteiger partial charge in [-0.05, 0) is 58.5 Å². The van der Waals surface area contributed by atoms with Crippen LogP contribution in [0.25, 0.3) is 0 Å². The Morgan fingerprint density at radius 2 is 1.65 bits per heavy atom. The molecule has 0 fully saturated rings. The molecule has 1 amide bonds. The van der Waals surface area contributed by atoms with Crippen molar-refractivity contribution < 1.29 is 19.1 Å². The highest BCUT2D eigenvalue weighted by Gasteiger charge is 2.18. The van der Waals surface area contributed by atoms with E-state index in [1.807, 2.05) is 20.8 Å². The van der Waals surface area contributed by atoms with Gasteiger partial charge in [0.1, 0.15) is 11.9 Å². The highest BCUT2D eigenvalue weighted by molar-refractivity contribution is 5.91. The number of unbranched alkanes of at least 4 members (excludes halogenated alkanes) is 1. The number of esters is 1. The van der Waals surface area contributed by atoms with Gasteiger partial charge in [-0.25, -0.2) is 0 Å². The zero-order chi connectivity index (χ0) is 20.2. The maximum atomic E-state index is 12.0. The van der Waals surface area contributed by atoms with E-state index in [1.165, 1.54) is 0 Å². The van der Waals surface area contributed by atoms with Crippen molar-refractivity contribution in [3.05, 3.63) is 0 Å². The molecule has 0 spiro atoms. The number of ether oxygens (including phenoxy) is 1. The monoisotopic (exact) mass is 370 g/mol. The van der Waals surface area contributed by atoms with Gasteiger partial charge in [0.15, 0.2) is 0 Å². The average Bonchev–Trinajstić information content (AvgIpc) is 2.48. The van der Waals surface area contributed by atoms with Crippen LogP contribution < -0.4 is 10.6 Å². The van der Waals surface area contributed by atoms with Crippen LogP contribution in [0.4, 0.5) is 0 Å². The lowest BCUT2D eigenvalue weighted by molar-refractivity contribution is -0.155. The lowest BCUT2D eigenvalue weighted by Gasteiger charge is -2.19. The van der Waals surface area contributed by atoms with Gasteiger partial charge >= 0.3 is 5.97 Å². The van der Waals surface area contributed by atoms with Crippen molar-refractivity contribution in [2.45, 2.75) is 79.2 Å². The van der Waals surface area contributed by atoms with Gasteiger partial charge in [-0.3, -0.25) is 9.59 Å². The van der Waals surface area contributed by atoms with Crippen LogP contribution in [0.2, 0.25) is 0 Å². The van der Waals surface area contributed by atoms with Crippen LogP contribution in [0.15, 0.2) is 0 Å². The normalized spacial score (nSPS) is 13.2. The van der Waals surface area contributed by atoms with E-state index in [-0.39, 0.29) is 23.7 Å². The molecule has 0 saturated heterocycles. The largest absolute Gasteiger partial charge is 0.460 e. The number of rotatable bonds is 12. The second-order valence-corrected chi connectivity index (χ2v) is 8.96. The Balaban J connectivity index is 3.86. The molecule has 6 nitrogen and oxygen atoms in total. The molecule has 0 aliphatic heterocycles. The summed E-state index contributed by atoms with van der Waals surface area (Å²) in [7, 11) is 0. The third kappa shape index (κ3) is 14.9. The van der Waals surface area contributed by atoms with Gasteiger partial charge in [-0.1, -0.05) is 27.2 Å². The van der Waals surface area contributed by atoms with Crippen molar-refractivity contribution >= 4 is 18.2 Å². The van der Waals surface area contributed by atoms with Crippen LogP contribution in [-0.4, -0.2) is 43.4 Å². The number of carbonyl (C=O) groups excluding carboxylic acids is 3. The van der Waals surface area contributed by atoms with E-state index < -0.39 is 11.5 Å². The maximum Gasteiger partial charge on any atom is 0.306 e. The minimum Gasteiger partial charge on any atom is -0.460 e. The van der Waals surface area contributed by atoms with Crippen molar-refractivity contribution in [2.75, 3.05) is 19.6 Å². The van der Waals surface area contributed by atoms with E-state index in [0.717, 1.165) is 25.9 Å². The molecule has 0 aliphatic rings. The quantitative estimate of drug-likeness (QED) is 0.239. The Morgan fingerprint density at radius 3 is 2.19 bits per heavy atom. The molecule has 2 N–H and O–H groups in total. The molecular weight excluding hydrogens is 332 g/mol. The minimum atomic E-state index is -0.612. The summed E-state index contributed by atoms with van der Waals surface area (Å²) in [5.74, 6) is -1.15. The highest BCUT2D eigenvalue weighted by Crippen LogP contribution is 2.11. The van der Waals surface area contributed by atoms with Gasteiger partial charge in [0.25, 0.3) is 0 Å². The van der Waals surface area contributed by atoms with Gasteiger partial charge in [-0.2, -0.15) is 0 Å². The number of hydrogen-bond donors (Lipinski definition) is 2. The summed E-state index contributed by atoms with van der Waals surface area (Å²) in [5.41, 5.74) is -0.241. The summed E-state index contributed by atoms with van der Waals surface area (Å²) in [6.07, 6.45) is 3.79. The number of nitrogens with one attached hydrogen (secondary N) is 2. The Bertz CT molecular complexity index is 436. The molecule has 0 saturated carbocycles. The van der Waals surface area contributed by atoms with E-state index >= 15 is 0 Å². The SMILES string of the molecule is CC(C)(C)CNCCCCC(C=O)C(=O)NCCCC(=O)OC(C)(C)C. The van der Waals surface area contributed by atoms with Crippen LogP contribution in [0.5, 0.6) is 0 Å². The summed E-state index contributed by atoms with van der Waals surface area (Å²) >= 11 is 0. The molecule has 0 aliphatic carbocycles. The molecule has 0 aromatic heterocycles. The van der Waals surface area contributed by atoms with Crippen molar-refractivity contribution in [1.82, 2.24) is 10.6 Å². The second-order valence-electron chi connectivity index (χ2n) is 8.96. The zero-order valence-corrected chi connectivity index (χ0v) is 17.4. The first-order chi connectivity index (χ1) is 11.9. The minimum absolute atomic E-state index is 0.253. The van der Waals surface area contributed by atoms with Crippen LogP contribution in [-0.2, 0) is 19.1 Å². The summed E-state index contributed by atoms with van der Waals surface area (Å²) < 4.78 is 5.21. The summed E-state index contributed by atoms with van der Waals surface area (Å²) in [6.45, 7) is 14.2. The van der Waals surface area contributed by atoms with Crippen LogP contribution in [0, 0.1) is 11.3 Å². The summed E-state index contributed by atoms with van der Waals surface area (Å²) in [4.78, 5) is 34.8. The lowest BCUT2D eigenvalue weighted by Crippen LogP contribution is -2.33. The number of hydrogen-bond acceptors (Lipinski definition) is 5. The third-order valence-electron chi connectivity index (χ3n) is 3.55. The molecule has 1 unspecified atom stereocenters. The third-order valence-corrected chi connectivity index (χ3v) is 3.55. The molecule has 0 heterocycles. The standard InChI is InChI=1S/C20H38N2O4/c1-19(2,3)15-21-12-8-7-10-16(14-23)18(25)22-13-9-11-17(24)26-20(4,5)6/h14,16,21H,7-13,15H2,1-6H3,(H,22,25). The second kappa shape index (κ2) is 12.0. The predicted octanol–water partition coefficient (Wildman–Crippen LogP) is 2.85. The average molecular weight is 371 g/mol. The first-order valence-corrected chi connectivity index (χ1v) is 9.60. The van der Waals surface area contributed by atoms with Gasteiger partial charge in [0, 0.05) is 13.0 Å². The van der Waals surface area contributed by atoms with Gasteiger partial charge in [-0.15, -0.1) is 0 Å². The summed E-state index contributed by atoms with van der Waals surface area (Å²) in [5, 5.41) is 6.11.